The first-order chi connectivity index (χ1) is 18.8. The van der Waals surface area contributed by atoms with Gasteiger partial charge in [0.05, 0.1) is 21.3 Å². The SMILES string of the molecule is COc1cc(Nc2ncc(CC(=O)Cc3c(Cl)cccc3Cl)c(Oc3ccc(C)cc3OC)n2)cc(OC)c1. The number of nitrogens with zero attached hydrogens (tertiary/aromatic N) is 2. The predicted molar refractivity (Wildman–Crippen MR) is 152 cm³/mol. The first kappa shape index (κ1) is 28.0. The molecule has 4 rings (SSSR count). The van der Waals surface area contributed by atoms with Crippen LogP contribution in [0.4, 0.5) is 11.6 Å². The minimum Gasteiger partial charge on any atom is -0.497 e. The van der Waals surface area contributed by atoms with Gasteiger partial charge in [0.25, 0.3) is 0 Å². The summed E-state index contributed by atoms with van der Waals surface area (Å²) < 4.78 is 22.4. The van der Waals surface area contributed by atoms with E-state index in [9.17, 15) is 4.79 Å². The Bertz CT molecular complexity index is 1450. The summed E-state index contributed by atoms with van der Waals surface area (Å²) >= 11 is 12.6. The van der Waals surface area contributed by atoms with Crippen molar-refractivity contribution in [2.75, 3.05) is 26.6 Å². The summed E-state index contributed by atoms with van der Waals surface area (Å²) in [4.78, 5) is 22.1. The first-order valence-corrected chi connectivity index (χ1v) is 12.7. The number of ketones is 1. The molecule has 0 aliphatic carbocycles. The van der Waals surface area contributed by atoms with Crippen molar-refractivity contribution in [2.45, 2.75) is 19.8 Å². The molecule has 0 radical (unpaired) electrons. The van der Waals surface area contributed by atoms with E-state index in [0.29, 0.717) is 49.9 Å². The molecule has 4 aromatic rings. The van der Waals surface area contributed by atoms with Crippen LogP contribution in [0.1, 0.15) is 16.7 Å². The highest BCUT2D eigenvalue weighted by molar-refractivity contribution is 6.36. The van der Waals surface area contributed by atoms with Crippen molar-refractivity contribution in [3.63, 3.8) is 0 Å². The molecule has 202 valence electrons. The topological polar surface area (TPSA) is 91.8 Å². The van der Waals surface area contributed by atoms with E-state index in [1.165, 1.54) is 0 Å². The largest absolute Gasteiger partial charge is 0.497 e. The Balaban J connectivity index is 1.67. The summed E-state index contributed by atoms with van der Waals surface area (Å²) in [5.41, 5.74) is 2.70. The van der Waals surface area contributed by atoms with Crippen molar-refractivity contribution in [3.05, 3.63) is 87.5 Å². The van der Waals surface area contributed by atoms with Gasteiger partial charge >= 0.3 is 0 Å². The number of aryl methyl sites for hydroxylation is 1. The fraction of sp³-hybridized carbons (Fsp3) is 0.207. The Kier molecular flexibility index (Phi) is 9.11. The van der Waals surface area contributed by atoms with Gasteiger partial charge in [-0.2, -0.15) is 4.98 Å². The van der Waals surface area contributed by atoms with Gasteiger partial charge in [-0.25, -0.2) is 4.98 Å². The molecular weight excluding hydrogens is 541 g/mol. The highest BCUT2D eigenvalue weighted by Crippen LogP contribution is 2.34. The van der Waals surface area contributed by atoms with Crippen LogP contribution in [0.2, 0.25) is 10.0 Å². The number of benzene rings is 3. The molecule has 0 unspecified atom stereocenters. The molecule has 1 heterocycles. The van der Waals surface area contributed by atoms with Crippen molar-refractivity contribution < 1.29 is 23.7 Å². The average molecular weight is 568 g/mol. The van der Waals surface area contributed by atoms with Crippen LogP contribution in [0.5, 0.6) is 28.9 Å². The molecule has 1 aromatic heterocycles. The first-order valence-electron chi connectivity index (χ1n) is 11.9. The van der Waals surface area contributed by atoms with Crippen molar-refractivity contribution in [3.8, 4) is 28.9 Å². The lowest BCUT2D eigenvalue weighted by atomic mass is 10.0. The van der Waals surface area contributed by atoms with Gasteiger partial charge in [0.2, 0.25) is 11.8 Å². The molecule has 0 bridgehead atoms. The lowest BCUT2D eigenvalue weighted by molar-refractivity contribution is -0.117. The van der Waals surface area contributed by atoms with E-state index < -0.39 is 0 Å². The smallest absolute Gasteiger partial charge is 0.230 e. The van der Waals surface area contributed by atoms with Gasteiger partial charge in [0, 0.05) is 58.5 Å². The maximum Gasteiger partial charge on any atom is 0.230 e. The number of halogens is 2. The fourth-order valence-electron chi connectivity index (χ4n) is 3.81. The number of rotatable bonds is 11. The van der Waals surface area contributed by atoms with Gasteiger partial charge in [0.15, 0.2) is 11.5 Å². The predicted octanol–water partition coefficient (Wildman–Crippen LogP) is 7.01. The lowest BCUT2D eigenvalue weighted by Crippen LogP contribution is -2.10. The summed E-state index contributed by atoms with van der Waals surface area (Å²) in [6.07, 6.45) is 1.60. The number of hydrogen-bond acceptors (Lipinski definition) is 8. The number of ether oxygens (including phenoxy) is 4. The van der Waals surface area contributed by atoms with Crippen LogP contribution < -0.4 is 24.3 Å². The quantitative estimate of drug-likeness (QED) is 0.207. The molecule has 0 saturated heterocycles. The van der Waals surface area contributed by atoms with E-state index in [0.717, 1.165) is 5.56 Å². The van der Waals surface area contributed by atoms with Crippen LogP contribution in [0, 0.1) is 6.92 Å². The van der Waals surface area contributed by atoms with Gasteiger partial charge in [-0.05, 0) is 42.3 Å². The van der Waals surface area contributed by atoms with E-state index in [1.807, 2.05) is 19.1 Å². The van der Waals surface area contributed by atoms with Crippen molar-refractivity contribution in [1.29, 1.82) is 0 Å². The van der Waals surface area contributed by atoms with Crippen LogP contribution in [-0.2, 0) is 17.6 Å². The molecule has 8 nitrogen and oxygen atoms in total. The number of hydrogen-bond donors (Lipinski definition) is 1. The number of Topliss-reactive ketones (excluding diaryl/α,β-unsaturated/α-hetero) is 1. The maximum absolute atomic E-state index is 13.1. The zero-order chi connectivity index (χ0) is 27.9. The Morgan fingerprint density at radius 1 is 0.872 bits per heavy atom. The van der Waals surface area contributed by atoms with E-state index in [4.69, 9.17) is 42.1 Å². The summed E-state index contributed by atoms with van der Waals surface area (Å²) in [5, 5.41) is 4.00. The van der Waals surface area contributed by atoms with Gasteiger partial charge in [-0.1, -0.05) is 35.3 Å². The van der Waals surface area contributed by atoms with Crippen molar-refractivity contribution in [2.24, 2.45) is 0 Å². The minimum absolute atomic E-state index is 0.00166. The summed E-state index contributed by atoms with van der Waals surface area (Å²) in [7, 11) is 4.69. The van der Waals surface area contributed by atoms with Gasteiger partial charge in [0.1, 0.15) is 17.3 Å². The molecule has 0 saturated carbocycles. The Morgan fingerprint density at radius 3 is 2.21 bits per heavy atom. The summed E-state index contributed by atoms with van der Waals surface area (Å²) in [6.45, 7) is 1.95. The number of carbonyl (C=O) groups is 1. The standard InChI is InChI=1S/C29H27Cl2N3O5/c1-17-8-9-26(27(10-17)38-4)39-28-18(11-20(35)14-23-24(30)6-5-7-25(23)31)16-32-29(34-28)33-19-12-21(36-2)15-22(13-19)37-3/h5-10,12-13,15-16H,11,14H2,1-4H3,(H,32,33,34). The fourth-order valence-corrected chi connectivity index (χ4v) is 4.34. The normalized spacial score (nSPS) is 10.6. The third-order valence-corrected chi connectivity index (χ3v) is 6.49. The van der Waals surface area contributed by atoms with E-state index in [-0.39, 0.29) is 30.5 Å². The summed E-state index contributed by atoms with van der Waals surface area (Å²) in [6, 6.07) is 16.0. The van der Waals surface area contributed by atoms with Crippen LogP contribution in [0.3, 0.4) is 0 Å². The molecule has 0 amide bonds. The zero-order valence-electron chi connectivity index (χ0n) is 21.9. The third kappa shape index (κ3) is 7.10. The molecule has 1 N–H and O–H groups in total. The molecule has 3 aromatic carbocycles. The molecule has 39 heavy (non-hydrogen) atoms. The second kappa shape index (κ2) is 12.7. The van der Waals surface area contributed by atoms with E-state index >= 15 is 0 Å². The second-order valence-electron chi connectivity index (χ2n) is 8.60. The zero-order valence-corrected chi connectivity index (χ0v) is 23.4. The van der Waals surface area contributed by atoms with Gasteiger partial charge in [-0.15, -0.1) is 0 Å². The molecular formula is C29H27Cl2N3O5. The Hall–Kier alpha value is -4.01. The molecule has 0 aliphatic heterocycles. The second-order valence-corrected chi connectivity index (χ2v) is 9.41. The molecule has 0 aliphatic rings. The molecule has 0 fully saturated rings. The van der Waals surface area contributed by atoms with Crippen molar-refractivity contribution >= 4 is 40.6 Å². The number of carbonyl (C=O) groups excluding carboxylic acids is 1. The highest BCUT2D eigenvalue weighted by Gasteiger charge is 2.18. The third-order valence-electron chi connectivity index (χ3n) is 5.78. The average Bonchev–Trinajstić information content (AvgIpc) is 2.92. The van der Waals surface area contributed by atoms with Crippen LogP contribution in [-0.4, -0.2) is 37.1 Å². The van der Waals surface area contributed by atoms with Crippen LogP contribution in [0.15, 0.2) is 60.8 Å². The number of anilines is 2. The summed E-state index contributed by atoms with van der Waals surface area (Å²) in [5.74, 6) is 2.48. The van der Waals surface area contributed by atoms with E-state index in [1.54, 1.807) is 70.0 Å². The van der Waals surface area contributed by atoms with Crippen LogP contribution in [0.25, 0.3) is 0 Å². The maximum atomic E-state index is 13.1. The van der Waals surface area contributed by atoms with Crippen molar-refractivity contribution in [1.82, 2.24) is 9.97 Å². The molecule has 10 heteroatoms. The Labute approximate surface area is 236 Å². The monoisotopic (exact) mass is 567 g/mol. The Morgan fingerprint density at radius 2 is 1.56 bits per heavy atom. The number of aromatic nitrogens is 2. The van der Waals surface area contributed by atoms with Crippen LogP contribution >= 0.6 is 23.2 Å². The number of methoxy groups -OCH3 is 3. The molecule has 0 spiro atoms. The minimum atomic E-state index is -0.132. The van der Waals surface area contributed by atoms with Gasteiger partial charge < -0.3 is 24.3 Å². The lowest BCUT2D eigenvalue weighted by Gasteiger charge is -2.15. The molecule has 0 atom stereocenters. The van der Waals surface area contributed by atoms with E-state index in [2.05, 4.69) is 15.3 Å². The number of nitrogens with one attached hydrogen (secondary N) is 1. The van der Waals surface area contributed by atoms with Gasteiger partial charge in [-0.3, -0.25) is 4.79 Å². The highest BCUT2D eigenvalue weighted by atomic mass is 35.5.